The van der Waals surface area contributed by atoms with Crippen LogP contribution in [0.1, 0.15) is 32.4 Å². The summed E-state index contributed by atoms with van der Waals surface area (Å²) >= 11 is 18.2. The molecule has 1 atom stereocenters. The van der Waals surface area contributed by atoms with Gasteiger partial charge in [0.05, 0.1) is 11.1 Å². The summed E-state index contributed by atoms with van der Waals surface area (Å²) in [6.45, 7) is 9.94. The third kappa shape index (κ3) is 5.24. The van der Waals surface area contributed by atoms with Crippen molar-refractivity contribution in [2.24, 2.45) is 0 Å². The van der Waals surface area contributed by atoms with Crippen LogP contribution in [0, 0.1) is 0 Å². The maximum Gasteiger partial charge on any atom is 0.0631 e. The van der Waals surface area contributed by atoms with Gasteiger partial charge in [-0.15, -0.1) is 0 Å². The maximum atomic E-state index is 6.18. The highest BCUT2D eigenvalue weighted by molar-refractivity contribution is 6.35. The fourth-order valence-electron chi connectivity index (χ4n) is 1.60. The van der Waals surface area contributed by atoms with E-state index in [0.29, 0.717) is 20.8 Å². The number of rotatable bonds is 5. The molecule has 0 bridgehead atoms. The predicted octanol–water partition coefficient (Wildman–Crippen LogP) is 6.25. The van der Waals surface area contributed by atoms with Gasteiger partial charge in [0.1, 0.15) is 0 Å². The van der Waals surface area contributed by atoms with Gasteiger partial charge in [-0.3, -0.25) is 0 Å². The van der Waals surface area contributed by atoms with E-state index in [1.165, 1.54) is 5.57 Å². The first kappa shape index (κ1) is 17.2. The van der Waals surface area contributed by atoms with Gasteiger partial charge in [0.15, 0.2) is 0 Å². The van der Waals surface area contributed by atoms with Crippen LogP contribution in [0.2, 0.25) is 10.0 Å². The van der Waals surface area contributed by atoms with Crippen molar-refractivity contribution in [3.05, 3.63) is 68.8 Å². The molecule has 0 saturated heterocycles. The molecule has 0 spiro atoms. The van der Waals surface area contributed by atoms with Crippen LogP contribution < -0.4 is 5.32 Å². The Hall–Kier alpha value is -0.890. The zero-order valence-corrected chi connectivity index (χ0v) is 14.1. The summed E-state index contributed by atoms with van der Waals surface area (Å²) < 4.78 is 0. The second-order valence-electron chi connectivity index (χ2n) is 4.77. The van der Waals surface area contributed by atoms with Crippen molar-refractivity contribution in [3.63, 3.8) is 0 Å². The van der Waals surface area contributed by atoms with Crippen molar-refractivity contribution in [2.45, 2.75) is 26.8 Å². The summed E-state index contributed by atoms with van der Waals surface area (Å²) in [5.74, 6) is 0. The lowest BCUT2D eigenvalue weighted by Crippen LogP contribution is -2.18. The average Bonchev–Trinajstić information content (AvgIpc) is 2.35. The summed E-state index contributed by atoms with van der Waals surface area (Å²) in [6.07, 6.45) is 3.76. The number of halogens is 3. The van der Waals surface area contributed by atoms with Gasteiger partial charge in [-0.2, -0.15) is 0 Å². The Morgan fingerprint density at radius 2 is 1.90 bits per heavy atom. The molecule has 108 valence electrons. The van der Waals surface area contributed by atoms with Crippen molar-refractivity contribution in [2.75, 3.05) is 0 Å². The number of hydrogen-bond acceptors (Lipinski definition) is 1. The zero-order valence-electron chi connectivity index (χ0n) is 11.8. The predicted molar refractivity (Wildman–Crippen MR) is 90.5 cm³/mol. The minimum absolute atomic E-state index is 0.0129. The van der Waals surface area contributed by atoms with Crippen LogP contribution in [0.5, 0.6) is 0 Å². The van der Waals surface area contributed by atoms with Gasteiger partial charge in [0, 0.05) is 15.7 Å². The normalized spacial score (nSPS) is 12.8. The van der Waals surface area contributed by atoms with Crippen LogP contribution in [-0.4, -0.2) is 0 Å². The molecule has 1 aromatic rings. The van der Waals surface area contributed by atoms with E-state index < -0.39 is 0 Å². The van der Waals surface area contributed by atoms with Gasteiger partial charge in [-0.25, -0.2) is 0 Å². The van der Waals surface area contributed by atoms with Gasteiger partial charge in [-0.1, -0.05) is 59.1 Å². The first-order valence-electron chi connectivity index (χ1n) is 6.22. The van der Waals surface area contributed by atoms with Crippen molar-refractivity contribution in [1.82, 2.24) is 5.32 Å². The molecule has 4 heteroatoms. The highest BCUT2D eigenvalue weighted by Gasteiger charge is 2.11. The first-order chi connectivity index (χ1) is 9.31. The van der Waals surface area contributed by atoms with Gasteiger partial charge < -0.3 is 5.32 Å². The topological polar surface area (TPSA) is 12.0 Å². The Morgan fingerprint density at radius 3 is 2.45 bits per heavy atom. The van der Waals surface area contributed by atoms with Crippen molar-refractivity contribution in [1.29, 1.82) is 0 Å². The number of allylic oxidation sites excluding steroid dienone is 4. The Morgan fingerprint density at radius 1 is 1.25 bits per heavy atom. The van der Waals surface area contributed by atoms with Crippen molar-refractivity contribution < 1.29 is 0 Å². The van der Waals surface area contributed by atoms with E-state index in [-0.39, 0.29) is 6.04 Å². The molecule has 0 saturated carbocycles. The molecule has 1 unspecified atom stereocenters. The number of hydrogen-bond donors (Lipinski definition) is 1. The Labute approximate surface area is 135 Å². The SMILES string of the molecule is C=C(NC(C)c1ccc(Cl)cc1Cl)/C(Cl)=C\C=C(C)C. The molecule has 0 heterocycles. The van der Waals surface area contributed by atoms with E-state index in [0.717, 1.165) is 5.56 Å². The summed E-state index contributed by atoms with van der Waals surface area (Å²) in [5, 5.41) is 5.04. The summed E-state index contributed by atoms with van der Waals surface area (Å²) in [4.78, 5) is 0. The molecule has 1 aromatic carbocycles. The average molecular weight is 331 g/mol. The van der Waals surface area contributed by atoms with Crippen LogP contribution in [0.15, 0.2) is 53.2 Å². The Balaban J connectivity index is 2.80. The minimum atomic E-state index is -0.0129. The lowest BCUT2D eigenvalue weighted by atomic mass is 10.1. The van der Waals surface area contributed by atoms with E-state index in [1.54, 1.807) is 6.07 Å². The van der Waals surface area contributed by atoms with E-state index in [1.807, 2.05) is 45.1 Å². The standard InChI is InChI=1S/C16H18Cl3N/c1-10(2)5-8-15(18)12(4)20-11(3)14-7-6-13(17)9-16(14)19/h5-9,11,20H,4H2,1-3H3/b15-8+. The van der Waals surface area contributed by atoms with Gasteiger partial charge >= 0.3 is 0 Å². The Kier molecular flexibility index (Phi) is 6.67. The van der Waals surface area contributed by atoms with Crippen LogP contribution in [0.4, 0.5) is 0 Å². The smallest absolute Gasteiger partial charge is 0.0631 e. The van der Waals surface area contributed by atoms with E-state index >= 15 is 0 Å². The largest absolute Gasteiger partial charge is 0.378 e. The molecule has 0 amide bonds. The molecule has 0 radical (unpaired) electrons. The quantitative estimate of drug-likeness (QED) is 0.629. The lowest BCUT2D eigenvalue weighted by molar-refractivity contribution is 0.665. The molecule has 0 aliphatic rings. The second kappa shape index (κ2) is 7.78. The number of benzene rings is 1. The minimum Gasteiger partial charge on any atom is -0.378 e. The fraction of sp³-hybridized carbons (Fsp3) is 0.250. The van der Waals surface area contributed by atoms with E-state index in [4.69, 9.17) is 34.8 Å². The summed E-state index contributed by atoms with van der Waals surface area (Å²) in [5.41, 5.74) is 2.77. The first-order valence-corrected chi connectivity index (χ1v) is 7.36. The van der Waals surface area contributed by atoms with E-state index in [9.17, 15) is 0 Å². The zero-order chi connectivity index (χ0) is 15.3. The highest BCUT2D eigenvalue weighted by atomic mass is 35.5. The summed E-state index contributed by atoms with van der Waals surface area (Å²) in [6, 6.07) is 5.41. The van der Waals surface area contributed by atoms with Crippen LogP contribution in [0.3, 0.4) is 0 Å². The molecule has 1 N–H and O–H groups in total. The third-order valence-electron chi connectivity index (χ3n) is 2.67. The molecule has 0 aliphatic carbocycles. The molecule has 0 fully saturated rings. The maximum absolute atomic E-state index is 6.18. The fourth-order valence-corrected chi connectivity index (χ4v) is 2.29. The van der Waals surface area contributed by atoms with Gasteiger partial charge in [-0.05, 0) is 44.5 Å². The molecule has 1 rings (SSSR count). The number of nitrogens with one attached hydrogen (secondary N) is 1. The lowest BCUT2D eigenvalue weighted by Gasteiger charge is -2.18. The highest BCUT2D eigenvalue weighted by Crippen LogP contribution is 2.27. The van der Waals surface area contributed by atoms with Crippen LogP contribution >= 0.6 is 34.8 Å². The second-order valence-corrected chi connectivity index (χ2v) is 6.02. The molecule has 0 aliphatic heterocycles. The van der Waals surface area contributed by atoms with Crippen LogP contribution in [0.25, 0.3) is 0 Å². The third-order valence-corrected chi connectivity index (χ3v) is 3.59. The molecule has 1 nitrogen and oxygen atoms in total. The molecule has 20 heavy (non-hydrogen) atoms. The monoisotopic (exact) mass is 329 g/mol. The van der Waals surface area contributed by atoms with Gasteiger partial charge in [0.25, 0.3) is 0 Å². The molecular formula is C16H18Cl3N. The van der Waals surface area contributed by atoms with Crippen LogP contribution in [-0.2, 0) is 0 Å². The van der Waals surface area contributed by atoms with Crippen molar-refractivity contribution in [3.8, 4) is 0 Å². The molecule has 0 aromatic heterocycles. The van der Waals surface area contributed by atoms with E-state index in [2.05, 4.69) is 11.9 Å². The molecular weight excluding hydrogens is 313 g/mol. The van der Waals surface area contributed by atoms with Crippen molar-refractivity contribution >= 4 is 34.8 Å². The Bertz CT molecular complexity index is 555. The summed E-state index contributed by atoms with van der Waals surface area (Å²) in [7, 11) is 0. The van der Waals surface area contributed by atoms with Gasteiger partial charge in [0.2, 0.25) is 0 Å².